The first-order valence-corrected chi connectivity index (χ1v) is 5.81. The van der Waals surface area contributed by atoms with Gasteiger partial charge in [0.25, 0.3) is 0 Å². The normalized spacial score (nSPS) is 11.4. The van der Waals surface area contributed by atoms with E-state index in [0.717, 1.165) is 0 Å². The van der Waals surface area contributed by atoms with Gasteiger partial charge in [0.2, 0.25) is 0 Å². The van der Waals surface area contributed by atoms with Crippen molar-refractivity contribution in [2.75, 3.05) is 18.5 Å². The first-order valence-electron chi connectivity index (χ1n) is 5.81. The number of ketones is 1. The van der Waals surface area contributed by atoms with E-state index in [9.17, 15) is 9.18 Å². The zero-order valence-corrected chi connectivity index (χ0v) is 11.0. The molecule has 0 saturated heterocycles. The maximum Gasteiger partial charge on any atom is 0.146 e. The standard InChI is InChI=1S/C14H20FNO/c1-14(2,3)13(17)9-10-16(4)12-8-6-5-7-11(12)15/h5-8H,9-10H2,1-4H3. The third-order valence-corrected chi connectivity index (χ3v) is 2.77. The maximum atomic E-state index is 13.5. The van der Waals surface area contributed by atoms with Crippen LogP contribution in [-0.4, -0.2) is 19.4 Å². The van der Waals surface area contributed by atoms with E-state index in [2.05, 4.69) is 0 Å². The van der Waals surface area contributed by atoms with Crippen LogP contribution in [0.5, 0.6) is 0 Å². The molecule has 94 valence electrons. The first kappa shape index (κ1) is 13.7. The van der Waals surface area contributed by atoms with Crippen molar-refractivity contribution < 1.29 is 9.18 Å². The number of hydrogen-bond acceptors (Lipinski definition) is 2. The number of anilines is 1. The van der Waals surface area contributed by atoms with Crippen molar-refractivity contribution in [1.82, 2.24) is 0 Å². The Morgan fingerprint density at radius 1 is 1.29 bits per heavy atom. The van der Waals surface area contributed by atoms with Crippen LogP contribution in [0.4, 0.5) is 10.1 Å². The van der Waals surface area contributed by atoms with Gasteiger partial charge in [-0.2, -0.15) is 0 Å². The number of benzene rings is 1. The van der Waals surface area contributed by atoms with Gasteiger partial charge in [-0.25, -0.2) is 4.39 Å². The lowest BCUT2D eigenvalue weighted by Gasteiger charge is -2.22. The van der Waals surface area contributed by atoms with Gasteiger partial charge in [-0.15, -0.1) is 0 Å². The fraction of sp³-hybridized carbons (Fsp3) is 0.500. The molecule has 0 amide bonds. The van der Waals surface area contributed by atoms with Crippen molar-refractivity contribution in [3.63, 3.8) is 0 Å². The Morgan fingerprint density at radius 2 is 1.88 bits per heavy atom. The fourth-order valence-corrected chi connectivity index (χ4v) is 1.53. The molecule has 0 aromatic heterocycles. The summed E-state index contributed by atoms with van der Waals surface area (Å²) in [4.78, 5) is 13.5. The summed E-state index contributed by atoms with van der Waals surface area (Å²) in [5.74, 6) is -0.0566. The van der Waals surface area contributed by atoms with Gasteiger partial charge in [-0.1, -0.05) is 32.9 Å². The molecular formula is C14H20FNO. The highest BCUT2D eigenvalue weighted by Crippen LogP contribution is 2.20. The molecule has 17 heavy (non-hydrogen) atoms. The van der Waals surface area contributed by atoms with Gasteiger partial charge < -0.3 is 4.90 Å². The largest absolute Gasteiger partial charge is 0.372 e. The minimum atomic E-state index is -0.323. The molecule has 2 nitrogen and oxygen atoms in total. The van der Waals surface area contributed by atoms with Crippen LogP contribution in [0.1, 0.15) is 27.2 Å². The molecular weight excluding hydrogens is 217 g/mol. The van der Waals surface area contributed by atoms with Gasteiger partial charge in [0.1, 0.15) is 11.6 Å². The lowest BCUT2D eigenvalue weighted by Crippen LogP contribution is -2.27. The lowest BCUT2D eigenvalue weighted by atomic mass is 9.89. The molecule has 1 aromatic carbocycles. The second kappa shape index (κ2) is 5.30. The summed E-state index contributed by atoms with van der Waals surface area (Å²) in [6, 6.07) is 6.60. The van der Waals surface area contributed by atoms with Crippen molar-refractivity contribution in [3.05, 3.63) is 30.1 Å². The van der Waals surface area contributed by atoms with Crippen LogP contribution >= 0.6 is 0 Å². The Morgan fingerprint density at radius 3 is 2.41 bits per heavy atom. The highest BCUT2D eigenvalue weighted by Gasteiger charge is 2.21. The maximum absolute atomic E-state index is 13.5. The molecule has 0 fully saturated rings. The zero-order valence-electron chi connectivity index (χ0n) is 11.0. The van der Waals surface area contributed by atoms with E-state index >= 15 is 0 Å². The van der Waals surface area contributed by atoms with Crippen LogP contribution in [0.25, 0.3) is 0 Å². The first-order chi connectivity index (χ1) is 7.82. The van der Waals surface area contributed by atoms with Crippen LogP contribution in [-0.2, 0) is 4.79 Å². The predicted octanol–water partition coefficient (Wildman–Crippen LogP) is 3.27. The number of hydrogen-bond donors (Lipinski definition) is 0. The van der Waals surface area contributed by atoms with Gasteiger partial charge in [-0.3, -0.25) is 4.79 Å². The Labute approximate surface area is 102 Å². The van der Waals surface area contributed by atoms with Crippen LogP contribution in [0, 0.1) is 11.2 Å². The molecule has 1 rings (SSSR count). The van der Waals surface area contributed by atoms with E-state index < -0.39 is 0 Å². The molecule has 0 radical (unpaired) electrons. The molecule has 0 aliphatic rings. The summed E-state index contributed by atoms with van der Waals surface area (Å²) in [6.45, 7) is 6.24. The Kier molecular flexibility index (Phi) is 4.27. The minimum absolute atomic E-state index is 0.195. The van der Waals surface area contributed by atoms with E-state index in [0.29, 0.717) is 18.7 Å². The van der Waals surface area contributed by atoms with E-state index in [1.54, 1.807) is 30.1 Å². The van der Waals surface area contributed by atoms with Crippen molar-refractivity contribution in [3.8, 4) is 0 Å². The number of carbonyl (C=O) groups is 1. The summed E-state index contributed by atoms with van der Waals surface area (Å²) in [5.41, 5.74) is 0.213. The van der Waals surface area contributed by atoms with Crippen LogP contribution in [0.3, 0.4) is 0 Å². The van der Waals surface area contributed by atoms with Gasteiger partial charge in [-0.05, 0) is 12.1 Å². The Hall–Kier alpha value is -1.38. The van der Waals surface area contributed by atoms with Gasteiger partial charge in [0.05, 0.1) is 5.69 Å². The second-order valence-corrected chi connectivity index (χ2v) is 5.30. The molecule has 0 spiro atoms. The zero-order chi connectivity index (χ0) is 13.1. The molecule has 0 saturated carbocycles. The average molecular weight is 237 g/mol. The third-order valence-electron chi connectivity index (χ3n) is 2.77. The summed E-state index contributed by atoms with van der Waals surface area (Å²) in [6.07, 6.45) is 0.439. The molecule has 3 heteroatoms. The van der Waals surface area contributed by atoms with Crippen molar-refractivity contribution in [2.45, 2.75) is 27.2 Å². The van der Waals surface area contributed by atoms with E-state index in [1.807, 2.05) is 20.8 Å². The molecule has 0 heterocycles. The molecule has 0 aliphatic carbocycles. The lowest BCUT2D eigenvalue weighted by molar-refractivity contribution is -0.126. The number of rotatable bonds is 4. The molecule has 1 aromatic rings. The number of para-hydroxylation sites is 1. The quantitative estimate of drug-likeness (QED) is 0.801. The van der Waals surface area contributed by atoms with Gasteiger partial charge >= 0.3 is 0 Å². The van der Waals surface area contributed by atoms with Gasteiger partial charge in [0, 0.05) is 25.4 Å². The molecule has 0 N–H and O–H groups in total. The van der Waals surface area contributed by atoms with Crippen molar-refractivity contribution in [2.24, 2.45) is 5.41 Å². The monoisotopic (exact) mass is 237 g/mol. The van der Waals surface area contributed by atoms with E-state index in [4.69, 9.17) is 0 Å². The van der Waals surface area contributed by atoms with Crippen LogP contribution < -0.4 is 4.90 Å². The summed E-state index contributed by atoms with van der Waals surface area (Å²) < 4.78 is 13.5. The SMILES string of the molecule is CN(CCC(=O)C(C)(C)C)c1ccccc1F. The molecule has 0 bridgehead atoms. The third kappa shape index (κ3) is 3.84. The van der Waals surface area contributed by atoms with Crippen molar-refractivity contribution in [1.29, 1.82) is 0 Å². The molecule has 0 unspecified atom stereocenters. The smallest absolute Gasteiger partial charge is 0.146 e. The van der Waals surface area contributed by atoms with Gasteiger partial charge in [0.15, 0.2) is 0 Å². The highest BCUT2D eigenvalue weighted by atomic mass is 19.1. The van der Waals surface area contributed by atoms with Crippen LogP contribution in [0.2, 0.25) is 0 Å². The molecule has 0 atom stereocenters. The highest BCUT2D eigenvalue weighted by molar-refractivity contribution is 5.84. The summed E-state index contributed by atoms with van der Waals surface area (Å²) in [5, 5.41) is 0. The van der Waals surface area contributed by atoms with Crippen LogP contribution in [0.15, 0.2) is 24.3 Å². The number of halogens is 1. The Balaban J connectivity index is 2.60. The molecule has 0 aliphatic heterocycles. The number of nitrogens with zero attached hydrogens (tertiary/aromatic N) is 1. The van der Waals surface area contributed by atoms with Crippen molar-refractivity contribution >= 4 is 11.5 Å². The topological polar surface area (TPSA) is 20.3 Å². The van der Waals surface area contributed by atoms with E-state index in [1.165, 1.54) is 6.07 Å². The fourth-order valence-electron chi connectivity index (χ4n) is 1.53. The second-order valence-electron chi connectivity index (χ2n) is 5.30. The number of Topliss-reactive ketones (excluding diaryl/α,β-unsaturated/α-hetero) is 1. The number of carbonyl (C=O) groups excluding carboxylic acids is 1. The summed E-state index contributed by atoms with van der Waals surface area (Å²) in [7, 11) is 1.80. The minimum Gasteiger partial charge on any atom is -0.372 e. The summed E-state index contributed by atoms with van der Waals surface area (Å²) >= 11 is 0. The average Bonchev–Trinajstić information content (AvgIpc) is 2.24. The van der Waals surface area contributed by atoms with E-state index in [-0.39, 0.29) is 17.0 Å². The predicted molar refractivity (Wildman–Crippen MR) is 68.7 cm³/mol. The Bertz CT molecular complexity index is 395.